The van der Waals surface area contributed by atoms with E-state index in [2.05, 4.69) is 29.6 Å². The fourth-order valence-electron chi connectivity index (χ4n) is 2.51. The quantitative estimate of drug-likeness (QED) is 0.637. The predicted octanol–water partition coefficient (Wildman–Crippen LogP) is 1.43. The highest BCUT2D eigenvalue weighted by Crippen LogP contribution is 2.20. The molecule has 0 N–H and O–H groups in total. The lowest BCUT2D eigenvalue weighted by molar-refractivity contribution is 0.137. The molecule has 1 aromatic rings. The summed E-state index contributed by atoms with van der Waals surface area (Å²) in [6.07, 6.45) is 4.24. The zero-order valence-electron chi connectivity index (χ0n) is 12.0. The summed E-state index contributed by atoms with van der Waals surface area (Å²) in [5.41, 5.74) is 0.879. The van der Waals surface area contributed by atoms with Gasteiger partial charge in [0, 0.05) is 24.9 Å². The number of hydrogen-bond acceptors (Lipinski definition) is 5. The Kier molecular flexibility index (Phi) is 5.91. The zero-order valence-corrected chi connectivity index (χ0v) is 12.9. The molecular formula is C14H23N3O2S. The van der Waals surface area contributed by atoms with Gasteiger partial charge in [0.2, 0.25) is 0 Å². The Morgan fingerprint density at radius 1 is 1.50 bits per heavy atom. The van der Waals surface area contributed by atoms with Crippen LogP contribution in [0, 0.1) is 5.92 Å². The van der Waals surface area contributed by atoms with Crippen LogP contribution in [0.15, 0.2) is 17.1 Å². The van der Waals surface area contributed by atoms with Crippen molar-refractivity contribution in [1.29, 1.82) is 0 Å². The molecule has 0 spiro atoms. The summed E-state index contributed by atoms with van der Waals surface area (Å²) in [6, 6.07) is 1.68. The second-order valence-corrected chi connectivity index (χ2v) is 5.75. The molecule has 1 unspecified atom stereocenters. The molecule has 0 saturated carbocycles. The molecule has 1 atom stereocenters. The third-order valence-corrected chi connectivity index (χ3v) is 3.74. The lowest BCUT2D eigenvalue weighted by Gasteiger charge is -2.32. The molecule has 1 saturated heterocycles. The van der Waals surface area contributed by atoms with Crippen LogP contribution in [0.5, 0.6) is 0 Å². The molecule has 2 heterocycles. The van der Waals surface area contributed by atoms with E-state index in [1.54, 1.807) is 12.3 Å². The Labute approximate surface area is 125 Å². The monoisotopic (exact) mass is 297 g/mol. The first-order valence-corrected chi connectivity index (χ1v) is 7.84. The van der Waals surface area contributed by atoms with Gasteiger partial charge in [0.05, 0.1) is 31.6 Å². The minimum absolute atomic E-state index is 0.0600. The smallest absolute Gasteiger partial charge is 0.268 e. The standard InChI is InChI=1S/C14H23N3O2S/c1-12-3-2-4-16(11-12)13-9-14(18)17(15-10-13)5-6-19-7-8-20/h9-10,12,20H,2-8,11H2,1H3. The average molecular weight is 297 g/mol. The van der Waals surface area contributed by atoms with Gasteiger partial charge in [0.15, 0.2) is 0 Å². The molecular weight excluding hydrogens is 274 g/mol. The molecule has 1 aliphatic heterocycles. The van der Waals surface area contributed by atoms with E-state index in [9.17, 15) is 4.79 Å². The largest absolute Gasteiger partial charge is 0.379 e. The van der Waals surface area contributed by atoms with Crippen LogP contribution < -0.4 is 10.5 Å². The van der Waals surface area contributed by atoms with Crippen molar-refractivity contribution in [2.24, 2.45) is 5.92 Å². The van der Waals surface area contributed by atoms with Crippen LogP contribution >= 0.6 is 12.6 Å². The van der Waals surface area contributed by atoms with Gasteiger partial charge < -0.3 is 9.64 Å². The van der Waals surface area contributed by atoms with Gasteiger partial charge in [0.1, 0.15) is 0 Å². The highest BCUT2D eigenvalue weighted by Gasteiger charge is 2.17. The number of piperidine rings is 1. The SMILES string of the molecule is CC1CCCN(c2cnn(CCOCCS)c(=O)c2)C1. The second-order valence-electron chi connectivity index (χ2n) is 5.30. The van der Waals surface area contributed by atoms with Gasteiger partial charge in [-0.2, -0.15) is 17.7 Å². The van der Waals surface area contributed by atoms with E-state index >= 15 is 0 Å². The lowest BCUT2D eigenvalue weighted by Crippen LogP contribution is -2.36. The van der Waals surface area contributed by atoms with E-state index in [1.165, 1.54) is 17.5 Å². The first-order valence-electron chi connectivity index (χ1n) is 7.21. The number of aromatic nitrogens is 2. The number of rotatable bonds is 6. The Morgan fingerprint density at radius 3 is 3.05 bits per heavy atom. The Balaban J connectivity index is 1.96. The van der Waals surface area contributed by atoms with E-state index in [0.717, 1.165) is 18.8 Å². The normalized spacial score (nSPS) is 19.3. The summed E-state index contributed by atoms with van der Waals surface area (Å²) in [6.45, 7) is 5.86. The third-order valence-electron chi connectivity index (χ3n) is 3.56. The number of thiol groups is 1. The maximum Gasteiger partial charge on any atom is 0.268 e. The van der Waals surface area contributed by atoms with Gasteiger partial charge in [-0.25, -0.2) is 4.68 Å². The zero-order chi connectivity index (χ0) is 14.4. The van der Waals surface area contributed by atoms with E-state index in [-0.39, 0.29) is 5.56 Å². The van der Waals surface area contributed by atoms with Crippen molar-refractivity contribution < 1.29 is 4.74 Å². The second kappa shape index (κ2) is 7.69. The highest BCUT2D eigenvalue weighted by molar-refractivity contribution is 7.80. The molecule has 0 aliphatic carbocycles. The molecule has 1 fully saturated rings. The molecule has 1 aromatic heterocycles. The summed E-state index contributed by atoms with van der Waals surface area (Å²) < 4.78 is 6.77. The van der Waals surface area contributed by atoms with Crippen molar-refractivity contribution in [3.8, 4) is 0 Å². The van der Waals surface area contributed by atoms with Crippen molar-refractivity contribution in [2.75, 3.05) is 37.0 Å². The van der Waals surface area contributed by atoms with E-state index < -0.39 is 0 Å². The van der Waals surface area contributed by atoms with Crippen molar-refractivity contribution >= 4 is 18.3 Å². The average Bonchev–Trinajstić information content (AvgIpc) is 2.45. The molecule has 5 nitrogen and oxygen atoms in total. The lowest BCUT2D eigenvalue weighted by atomic mass is 10.00. The molecule has 1 aliphatic rings. The van der Waals surface area contributed by atoms with Crippen molar-refractivity contribution in [2.45, 2.75) is 26.3 Å². The summed E-state index contributed by atoms with van der Waals surface area (Å²) in [5.74, 6) is 1.37. The van der Waals surface area contributed by atoms with Crippen LogP contribution in [0.1, 0.15) is 19.8 Å². The van der Waals surface area contributed by atoms with Crippen molar-refractivity contribution in [3.05, 3.63) is 22.6 Å². The number of ether oxygens (including phenoxy) is 1. The minimum atomic E-state index is -0.0600. The first kappa shape index (κ1) is 15.4. The maximum absolute atomic E-state index is 12.0. The maximum atomic E-state index is 12.0. The summed E-state index contributed by atoms with van der Waals surface area (Å²) in [7, 11) is 0. The molecule has 0 aromatic carbocycles. The van der Waals surface area contributed by atoms with Gasteiger partial charge in [0.25, 0.3) is 5.56 Å². The highest BCUT2D eigenvalue weighted by atomic mass is 32.1. The van der Waals surface area contributed by atoms with Gasteiger partial charge in [-0.05, 0) is 18.8 Å². The van der Waals surface area contributed by atoms with Crippen LogP contribution in [0.2, 0.25) is 0 Å². The van der Waals surface area contributed by atoms with Crippen molar-refractivity contribution in [3.63, 3.8) is 0 Å². The van der Waals surface area contributed by atoms with Crippen LogP contribution in [0.3, 0.4) is 0 Å². The Hall–Kier alpha value is -1.01. The minimum Gasteiger partial charge on any atom is -0.379 e. The van der Waals surface area contributed by atoms with E-state index in [0.29, 0.717) is 31.4 Å². The molecule has 0 amide bonds. The van der Waals surface area contributed by atoms with Gasteiger partial charge in [-0.3, -0.25) is 4.79 Å². The molecule has 0 radical (unpaired) electrons. The van der Waals surface area contributed by atoms with Crippen molar-refractivity contribution in [1.82, 2.24) is 9.78 Å². The Bertz CT molecular complexity index is 478. The molecule has 112 valence electrons. The summed E-state index contributed by atoms with van der Waals surface area (Å²) in [4.78, 5) is 14.3. The van der Waals surface area contributed by atoms with Gasteiger partial charge >= 0.3 is 0 Å². The van der Waals surface area contributed by atoms with Crippen LogP contribution in [0.25, 0.3) is 0 Å². The number of hydrogen-bond donors (Lipinski definition) is 1. The predicted molar refractivity (Wildman–Crippen MR) is 83.8 cm³/mol. The van der Waals surface area contributed by atoms with Gasteiger partial charge in [-0.1, -0.05) is 6.92 Å². The first-order chi connectivity index (χ1) is 9.70. The van der Waals surface area contributed by atoms with Gasteiger partial charge in [-0.15, -0.1) is 0 Å². The van der Waals surface area contributed by atoms with E-state index in [1.807, 2.05) is 0 Å². The van der Waals surface area contributed by atoms with Crippen LogP contribution in [-0.2, 0) is 11.3 Å². The fourth-order valence-corrected chi connectivity index (χ4v) is 2.64. The Morgan fingerprint density at radius 2 is 2.35 bits per heavy atom. The van der Waals surface area contributed by atoms with Crippen LogP contribution in [-0.4, -0.2) is 41.8 Å². The fraction of sp³-hybridized carbons (Fsp3) is 0.714. The molecule has 0 bridgehead atoms. The topological polar surface area (TPSA) is 47.4 Å². The third kappa shape index (κ3) is 4.24. The molecule has 6 heteroatoms. The number of nitrogens with zero attached hydrogens (tertiary/aromatic N) is 3. The molecule has 20 heavy (non-hydrogen) atoms. The molecule has 2 rings (SSSR count). The van der Waals surface area contributed by atoms with Crippen LogP contribution in [0.4, 0.5) is 5.69 Å². The van der Waals surface area contributed by atoms with E-state index in [4.69, 9.17) is 4.74 Å². The summed E-state index contributed by atoms with van der Waals surface area (Å²) >= 11 is 4.07. The summed E-state index contributed by atoms with van der Waals surface area (Å²) in [5, 5.41) is 4.24. The number of anilines is 1.